The van der Waals surface area contributed by atoms with Gasteiger partial charge in [0.15, 0.2) is 0 Å². The van der Waals surface area contributed by atoms with Crippen LogP contribution in [0.25, 0.3) is 0 Å². The summed E-state index contributed by atoms with van der Waals surface area (Å²) in [5.74, 6) is 0.907. The summed E-state index contributed by atoms with van der Waals surface area (Å²) in [5.41, 5.74) is 3.38. The molecule has 1 amide bonds. The zero-order valence-corrected chi connectivity index (χ0v) is 16.1. The van der Waals surface area contributed by atoms with Crippen molar-refractivity contribution < 1.29 is 9.53 Å². The molecule has 0 radical (unpaired) electrons. The second-order valence-corrected chi connectivity index (χ2v) is 6.94. The minimum Gasteiger partial charge on any atom is -0.495 e. The number of fused-ring (bicyclic) bond motifs is 1. The average Bonchev–Trinajstić information content (AvgIpc) is 2.73. The molecule has 0 unspecified atom stereocenters. The molecule has 0 aliphatic carbocycles. The maximum Gasteiger partial charge on any atom is 0.275 e. The second kappa shape index (κ2) is 7.86. The van der Waals surface area contributed by atoms with E-state index in [1.807, 2.05) is 6.07 Å². The van der Waals surface area contributed by atoms with E-state index >= 15 is 0 Å². The average molecular weight is 395 g/mol. The van der Waals surface area contributed by atoms with Crippen LogP contribution < -0.4 is 15.0 Å². The summed E-state index contributed by atoms with van der Waals surface area (Å²) < 4.78 is 5.25. The van der Waals surface area contributed by atoms with E-state index in [9.17, 15) is 4.79 Å². The van der Waals surface area contributed by atoms with E-state index in [1.165, 1.54) is 24.4 Å². The van der Waals surface area contributed by atoms with E-state index in [0.29, 0.717) is 16.5 Å². The fourth-order valence-electron chi connectivity index (χ4n) is 3.26. The molecule has 0 atom stereocenters. The lowest BCUT2D eigenvalue weighted by molar-refractivity contribution is 0.102. The number of ether oxygens (including phenoxy) is 1. The number of aromatic nitrogens is 2. The molecule has 1 aliphatic rings. The van der Waals surface area contributed by atoms with Gasteiger partial charge in [0.2, 0.25) is 0 Å². The highest BCUT2D eigenvalue weighted by atomic mass is 35.5. The Labute approximate surface area is 168 Å². The summed E-state index contributed by atoms with van der Waals surface area (Å²) in [6.07, 6.45) is 4.09. The van der Waals surface area contributed by atoms with Gasteiger partial charge in [-0.3, -0.25) is 4.79 Å². The molecule has 2 heterocycles. The van der Waals surface area contributed by atoms with Crippen LogP contribution in [0.2, 0.25) is 5.02 Å². The Morgan fingerprint density at radius 3 is 2.71 bits per heavy atom. The number of amides is 1. The molecule has 28 heavy (non-hydrogen) atoms. The number of hydrogen-bond acceptors (Lipinski definition) is 5. The Kier molecular flexibility index (Phi) is 5.12. The van der Waals surface area contributed by atoms with E-state index in [4.69, 9.17) is 16.3 Å². The Balaban J connectivity index is 1.48. The van der Waals surface area contributed by atoms with Crippen LogP contribution >= 0.6 is 11.6 Å². The van der Waals surface area contributed by atoms with Crippen molar-refractivity contribution in [1.82, 2.24) is 9.97 Å². The van der Waals surface area contributed by atoms with Crippen molar-refractivity contribution >= 4 is 29.0 Å². The standard InChI is InChI=1S/C21H19ClN4O2/c1-28-19-7-6-16(22)10-17(19)25-21(27)18-11-24-20(12-23-18)26-9-8-14-4-2-3-5-15(14)13-26/h2-7,10-12H,8-9,13H2,1H3,(H,25,27). The summed E-state index contributed by atoms with van der Waals surface area (Å²) in [7, 11) is 1.53. The highest BCUT2D eigenvalue weighted by Crippen LogP contribution is 2.28. The third kappa shape index (κ3) is 3.77. The summed E-state index contributed by atoms with van der Waals surface area (Å²) >= 11 is 6.01. The highest BCUT2D eigenvalue weighted by Gasteiger charge is 2.18. The molecule has 1 aromatic heterocycles. The second-order valence-electron chi connectivity index (χ2n) is 6.50. The van der Waals surface area contributed by atoms with E-state index < -0.39 is 0 Å². The fourth-order valence-corrected chi connectivity index (χ4v) is 3.43. The lowest BCUT2D eigenvalue weighted by atomic mass is 10.0. The molecule has 7 heteroatoms. The van der Waals surface area contributed by atoms with Crippen LogP contribution in [0.4, 0.5) is 11.5 Å². The van der Waals surface area contributed by atoms with Crippen LogP contribution in [0.1, 0.15) is 21.6 Å². The number of nitrogens with one attached hydrogen (secondary N) is 1. The SMILES string of the molecule is COc1ccc(Cl)cc1NC(=O)c1cnc(N2CCc3ccccc3C2)cn1. The smallest absolute Gasteiger partial charge is 0.275 e. The summed E-state index contributed by atoms with van der Waals surface area (Å²) in [6.45, 7) is 1.66. The van der Waals surface area contributed by atoms with Crippen molar-refractivity contribution in [2.75, 3.05) is 23.9 Å². The van der Waals surface area contributed by atoms with Gasteiger partial charge >= 0.3 is 0 Å². The number of methoxy groups -OCH3 is 1. The van der Waals surface area contributed by atoms with Gasteiger partial charge in [0.25, 0.3) is 5.91 Å². The molecule has 142 valence electrons. The van der Waals surface area contributed by atoms with Crippen LogP contribution in [0.3, 0.4) is 0 Å². The van der Waals surface area contributed by atoms with Crippen molar-refractivity contribution in [2.24, 2.45) is 0 Å². The minimum atomic E-state index is -0.372. The first-order chi connectivity index (χ1) is 13.6. The van der Waals surface area contributed by atoms with Crippen LogP contribution in [-0.2, 0) is 13.0 Å². The quantitative estimate of drug-likeness (QED) is 0.725. The Bertz CT molecular complexity index is 1010. The number of hydrogen-bond donors (Lipinski definition) is 1. The third-order valence-electron chi connectivity index (χ3n) is 4.74. The van der Waals surface area contributed by atoms with Crippen molar-refractivity contribution in [3.63, 3.8) is 0 Å². The molecule has 4 rings (SSSR count). The molecular formula is C21H19ClN4O2. The molecule has 0 bridgehead atoms. The van der Waals surface area contributed by atoms with E-state index in [2.05, 4.69) is 38.4 Å². The maximum absolute atomic E-state index is 12.5. The van der Waals surface area contributed by atoms with Crippen LogP contribution in [0, 0.1) is 0 Å². The molecule has 1 aliphatic heterocycles. The molecule has 6 nitrogen and oxygen atoms in total. The van der Waals surface area contributed by atoms with Crippen molar-refractivity contribution in [3.8, 4) is 5.75 Å². The molecule has 0 saturated heterocycles. The molecule has 1 N–H and O–H groups in total. The van der Waals surface area contributed by atoms with Gasteiger partial charge in [-0.15, -0.1) is 0 Å². The van der Waals surface area contributed by atoms with E-state index in [1.54, 1.807) is 24.4 Å². The van der Waals surface area contributed by atoms with Crippen molar-refractivity contribution in [3.05, 3.63) is 76.7 Å². The van der Waals surface area contributed by atoms with E-state index in [-0.39, 0.29) is 11.6 Å². The zero-order chi connectivity index (χ0) is 19.5. The molecule has 3 aromatic rings. The largest absolute Gasteiger partial charge is 0.495 e. The number of anilines is 2. The monoisotopic (exact) mass is 394 g/mol. The number of halogens is 1. The van der Waals surface area contributed by atoms with Crippen LogP contribution in [0.5, 0.6) is 5.75 Å². The third-order valence-corrected chi connectivity index (χ3v) is 4.97. The Morgan fingerprint density at radius 1 is 1.14 bits per heavy atom. The van der Waals surface area contributed by atoms with Gasteiger partial charge in [-0.25, -0.2) is 9.97 Å². The maximum atomic E-state index is 12.5. The van der Waals surface area contributed by atoms with Crippen molar-refractivity contribution in [2.45, 2.75) is 13.0 Å². The van der Waals surface area contributed by atoms with Gasteiger partial charge in [-0.2, -0.15) is 0 Å². The predicted octanol–water partition coefficient (Wildman–Crippen LogP) is 3.95. The number of rotatable bonds is 4. The summed E-state index contributed by atoms with van der Waals surface area (Å²) in [5, 5.41) is 3.27. The fraction of sp³-hybridized carbons (Fsp3) is 0.190. The lowest BCUT2D eigenvalue weighted by Crippen LogP contribution is -2.31. The topological polar surface area (TPSA) is 67.3 Å². The molecule has 0 saturated carbocycles. The number of nitrogens with zero attached hydrogens (tertiary/aromatic N) is 3. The first-order valence-corrected chi connectivity index (χ1v) is 9.30. The molecule has 0 fully saturated rings. The molecule has 0 spiro atoms. The van der Waals surface area contributed by atoms with Gasteiger partial charge in [0, 0.05) is 18.1 Å². The molecular weight excluding hydrogens is 376 g/mol. The van der Waals surface area contributed by atoms with Gasteiger partial charge in [-0.05, 0) is 35.7 Å². The van der Waals surface area contributed by atoms with Crippen LogP contribution in [-0.4, -0.2) is 29.5 Å². The minimum absolute atomic E-state index is 0.225. The zero-order valence-electron chi connectivity index (χ0n) is 15.4. The van der Waals surface area contributed by atoms with Gasteiger partial charge in [0.05, 0.1) is 25.2 Å². The highest BCUT2D eigenvalue weighted by molar-refractivity contribution is 6.31. The first kappa shape index (κ1) is 18.3. The van der Waals surface area contributed by atoms with Crippen molar-refractivity contribution in [1.29, 1.82) is 0 Å². The Hall–Kier alpha value is -3.12. The first-order valence-electron chi connectivity index (χ1n) is 8.92. The van der Waals surface area contributed by atoms with E-state index in [0.717, 1.165) is 25.3 Å². The van der Waals surface area contributed by atoms with Gasteiger partial charge in [-0.1, -0.05) is 35.9 Å². The number of carbonyl (C=O) groups is 1. The number of benzene rings is 2. The van der Waals surface area contributed by atoms with Crippen LogP contribution in [0.15, 0.2) is 54.9 Å². The molecule has 2 aromatic carbocycles. The normalized spacial score (nSPS) is 13.0. The van der Waals surface area contributed by atoms with Gasteiger partial charge < -0.3 is 15.0 Å². The lowest BCUT2D eigenvalue weighted by Gasteiger charge is -2.29. The summed E-state index contributed by atoms with van der Waals surface area (Å²) in [6, 6.07) is 13.4. The Morgan fingerprint density at radius 2 is 1.96 bits per heavy atom. The predicted molar refractivity (Wildman–Crippen MR) is 109 cm³/mol. The number of carbonyl (C=O) groups excluding carboxylic acids is 1. The van der Waals surface area contributed by atoms with Gasteiger partial charge in [0.1, 0.15) is 17.3 Å². The summed E-state index contributed by atoms with van der Waals surface area (Å²) in [4.78, 5) is 23.4.